The topological polar surface area (TPSA) is 40.7 Å². The number of rotatable bonds is 11. The lowest BCUT2D eigenvalue weighted by Crippen LogP contribution is -2.51. The maximum absolute atomic E-state index is 5.93. The van der Waals surface area contributed by atoms with E-state index in [4.69, 9.17) is 14.2 Å². The third-order valence-electron chi connectivity index (χ3n) is 7.05. The second-order valence-corrected chi connectivity index (χ2v) is 9.76. The number of nitrogens with zero attached hydrogens (tertiary/aromatic N) is 4. The van der Waals surface area contributed by atoms with E-state index in [0.29, 0.717) is 24.4 Å². The van der Waals surface area contributed by atoms with Crippen molar-refractivity contribution in [1.29, 1.82) is 0 Å². The summed E-state index contributed by atoms with van der Waals surface area (Å²) in [4.78, 5) is 10.5. The van der Waals surface area contributed by atoms with Crippen molar-refractivity contribution in [2.24, 2.45) is 0 Å². The van der Waals surface area contributed by atoms with E-state index >= 15 is 0 Å². The lowest BCUT2D eigenvalue weighted by atomic mass is 10.2. The quantitative estimate of drug-likeness (QED) is 0.484. The lowest BCUT2D eigenvalue weighted by Gasteiger charge is -2.38. The highest BCUT2D eigenvalue weighted by Crippen LogP contribution is 2.12. The highest BCUT2D eigenvalue weighted by Gasteiger charge is 2.24. The van der Waals surface area contributed by atoms with Crippen LogP contribution < -0.4 is 0 Å². The van der Waals surface area contributed by atoms with E-state index in [9.17, 15) is 0 Å². The highest BCUT2D eigenvalue weighted by molar-refractivity contribution is 4.77. The van der Waals surface area contributed by atoms with Crippen molar-refractivity contribution >= 4 is 0 Å². The van der Waals surface area contributed by atoms with Gasteiger partial charge in [-0.1, -0.05) is 13.8 Å². The largest absolute Gasteiger partial charge is 0.376 e. The van der Waals surface area contributed by atoms with Gasteiger partial charge in [0.25, 0.3) is 0 Å². The van der Waals surface area contributed by atoms with Gasteiger partial charge in [-0.3, -0.25) is 19.6 Å². The summed E-state index contributed by atoms with van der Waals surface area (Å²) in [5.41, 5.74) is 0. The van der Waals surface area contributed by atoms with E-state index in [1.165, 1.54) is 0 Å². The van der Waals surface area contributed by atoms with Gasteiger partial charge in [0.2, 0.25) is 0 Å². The molecule has 0 aromatic rings. The van der Waals surface area contributed by atoms with Crippen molar-refractivity contribution in [2.75, 3.05) is 91.8 Å². The standard InChI is InChI=1S/C24H48N4O3/c1-5-23-19-26(13-15-29-23)10-7-25(8-11-27-14-16-30-24(6-2)20-27)9-12-28-17-21(3)31-22(4)18-28/h21-24H,5-20H2,1-4H3. The summed E-state index contributed by atoms with van der Waals surface area (Å²) >= 11 is 0. The molecule has 4 unspecified atom stereocenters. The van der Waals surface area contributed by atoms with E-state index in [0.717, 1.165) is 105 Å². The minimum absolute atomic E-state index is 0.343. The maximum Gasteiger partial charge on any atom is 0.0700 e. The molecule has 0 N–H and O–H groups in total. The van der Waals surface area contributed by atoms with Crippen molar-refractivity contribution in [2.45, 2.75) is 65.0 Å². The molecule has 0 bridgehead atoms. The molecule has 3 fully saturated rings. The third-order valence-corrected chi connectivity index (χ3v) is 7.05. The molecule has 7 heteroatoms. The first-order chi connectivity index (χ1) is 15.1. The molecule has 3 aliphatic heterocycles. The Morgan fingerprint density at radius 3 is 1.58 bits per heavy atom. The molecule has 3 aliphatic rings. The second-order valence-electron chi connectivity index (χ2n) is 9.76. The molecule has 0 aromatic carbocycles. The molecule has 3 saturated heterocycles. The van der Waals surface area contributed by atoms with Crippen molar-refractivity contribution < 1.29 is 14.2 Å². The summed E-state index contributed by atoms with van der Waals surface area (Å²) in [6, 6.07) is 0. The second kappa shape index (κ2) is 13.4. The van der Waals surface area contributed by atoms with Gasteiger partial charge in [-0.2, -0.15) is 0 Å². The van der Waals surface area contributed by atoms with Gasteiger partial charge in [0.05, 0.1) is 37.6 Å². The summed E-state index contributed by atoms with van der Waals surface area (Å²) < 4.78 is 17.7. The predicted octanol–water partition coefficient (Wildman–Crippen LogP) is 1.62. The van der Waals surface area contributed by atoms with E-state index in [1.54, 1.807) is 0 Å². The molecule has 0 saturated carbocycles. The average Bonchev–Trinajstić information content (AvgIpc) is 2.78. The molecule has 7 nitrogen and oxygen atoms in total. The maximum atomic E-state index is 5.93. The molecule has 182 valence electrons. The molecular weight excluding hydrogens is 392 g/mol. The summed E-state index contributed by atoms with van der Waals surface area (Å²) in [6.45, 7) is 23.9. The normalized spacial score (nSPS) is 32.0. The van der Waals surface area contributed by atoms with Gasteiger partial charge in [0.15, 0.2) is 0 Å². The number of morpholine rings is 3. The van der Waals surface area contributed by atoms with Gasteiger partial charge in [-0.25, -0.2) is 0 Å². The SMILES string of the molecule is CCC1CN(CCN(CCN2CC(C)OC(C)C2)CCN2CCOC(CC)C2)CCO1. The Labute approximate surface area is 190 Å². The zero-order valence-corrected chi connectivity index (χ0v) is 20.6. The van der Waals surface area contributed by atoms with Crippen LogP contribution in [0.25, 0.3) is 0 Å². The molecule has 0 aliphatic carbocycles. The Morgan fingerprint density at radius 2 is 1.13 bits per heavy atom. The van der Waals surface area contributed by atoms with Crippen LogP contribution in [0.3, 0.4) is 0 Å². The van der Waals surface area contributed by atoms with Gasteiger partial charge >= 0.3 is 0 Å². The van der Waals surface area contributed by atoms with E-state index in [2.05, 4.69) is 47.3 Å². The molecule has 0 amide bonds. The van der Waals surface area contributed by atoms with Gasteiger partial charge in [0, 0.05) is 78.5 Å². The summed E-state index contributed by atoms with van der Waals surface area (Å²) in [7, 11) is 0. The highest BCUT2D eigenvalue weighted by atomic mass is 16.5. The minimum Gasteiger partial charge on any atom is -0.376 e. The van der Waals surface area contributed by atoms with E-state index in [1.807, 2.05) is 0 Å². The predicted molar refractivity (Wildman–Crippen MR) is 126 cm³/mol. The van der Waals surface area contributed by atoms with Crippen molar-refractivity contribution in [3.05, 3.63) is 0 Å². The number of hydrogen-bond acceptors (Lipinski definition) is 7. The number of ether oxygens (including phenoxy) is 3. The Kier molecular flexibility index (Phi) is 11.0. The van der Waals surface area contributed by atoms with Gasteiger partial charge in [-0.15, -0.1) is 0 Å². The van der Waals surface area contributed by atoms with Gasteiger partial charge < -0.3 is 14.2 Å². The average molecular weight is 441 g/mol. The minimum atomic E-state index is 0.343. The molecule has 0 aromatic heterocycles. The van der Waals surface area contributed by atoms with E-state index < -0.39 is 0 Å². The van der Waals surface area contributed by atoms with E-state index in [-0.39, 0.29) is 0 Å². The summed E-state index contributed by atoms with van der Waals surface area (Å²) in [5, 5.41) is 0. The summed E-state index contributed by atoms with van der Waals surface area (Å²) in [5.74, 6) is 0. The molecule has 0 spiro atoms. The fourth-order valence-electron chi connectivity index (χ4n) is 5.11. The van der Waals surface area contributed by atoms with Crippen LogP contribution in [-0.2, 0) is 14.2 Å². The molecule has 3 heterocycles. The van der Waals surface area contributed by atoms with Gasteiger partial charge in [0.1, 0.15) is 0 Å². The zero-order chi connectivity index (χ0) is 22.1. The van der Waals surface area contributed by atoms with Crippen LogP contribution in [0, 0.1) is 0 Å². The first-order valence-corrected chi connectivity index (χ1v) is 12.8. The fourth-order valence-corrected chi connectivity index (χ4v) is 5.11. The Hall–Kier alpha value is -0.280. The molecule has 31 heavy (non-hydrogen) atoms. The molecule has 3 rings (SSSR count). The van der Waals surface area contributed by atoms with Crippen LogP contribution in [0.15, 0.2) is 0 Å². The molecular formula is C24H48N4O3. The molecule has 0 radical (unpaired) electrons. The van der Waals surface area contributed by atoms with Gasteiger partial charge in [-0.05, 0) is 26.7 Å². The fraction of sp³-hybridized carbons (Fsp3) is 1.00. The first-order valence-electron chi connectivity index (χ1n) is 12.8. The van der Waals surface area contributed by atoms with Crippen LogP contribution in [0.2, 0.25) is 0 Å². The molecule has 4 atom stereocenters. The van der Waals surface area contributed by atoms with Crippen LogP contribution in [0.1, 0.15) is 40.5 Å². The third kappa shape index (κ3) is 8.88. The Bertz CT molecular complexity index is 459. The first kappa shape index (κ1) is 25.3. The smallest absolute Gasteiger partial charge is 0.0700 e. The van der Waals surface area contributed by atoms with Crippen LogP contribution in [-0.4, -0.2) is 136 Å². The summed E-state index contributed by atoms with van der Waals surface area (Å²) in [6.07, 6.45) is 3.74. The zero-order valence-electron chi connectivity index (χ0n) is 20.6. The monoisotopic (exact) mass is 440 g/mol. The Balaban J connectivity index is 1.47. The Morgan fingerprint density at radius 1 is 0.677 bits per heavy atom. The lowest BCUT2D eigenvalue weighted by molar-refractivity contribution is -0.0700. The van der Waals surface area contributed by atoms with Crippen molar-refractivity contribution in [3.8, 4) is 0 Å². The number of hydrogen-bond donors (Lipinski definition) is 0. The van der Waals surface area contributed by atoms with Crippen LogP contribution in [0.4, 0.5) is 0 Å². The van der Waals surface area contributed by atoms with Crippen LogP contribution in [0.5, 0.6) is 0 Å². The van der Waals surface area contributed by atoms with Crippen LogP contribution >= 0.6 is 0 Å². The van der Waals surface area contributed by atoms with Crippen molar-refractivity contribution in [1.82, 2.24) is 19.6 Å². The van der Waals surface area contributed by atoms with Crippen molar-refractivity contribution in [3.63, 3.8) is 0 Å².